The van der Waals surface area contributed by atoms with Crippen LogP contribution in [0.2, 0.25) is 0 Å². The van der Waals surface area contributed by atoms with Crippen LogP contribution >= 0.6 is 0 Å². The van der Waals surface area contributed by atoms with Crippen LogP contribution in [0.3, 0.4) is 0 Å². The third-order valence-corrected chi connectivity index (χ3v) is 6.25. The molecule has 1 N–H and O–H groups in total. The van der Waals surface area contributed by atoms with Gasteiger partial charge in [0, 0.05) is 12.1 Å². The fourth-order valence-electron chi connectivity index (χ4n) is 4.53. The Morgan fingerprint density at radius 1 is 1.03 bits per heavy atom. The van der Waals surface area contributed by atoms with Gasteiger partial charge in [-0.25, -0.2) is 4.98 Å². The third kappa shape index (κ3) is 4.19. The van der Waals surface area contributed by atoms with Crippen molar-refractivity contribution in [2.24, 2.45) is 0 Å². The number of aromatic nitrogens is 2. The summed E-state index contributed by atoms with van der Waals surface area (Å²) in [6, 6.07) is 14.7. The molecule has 0 atom stereocenters. The number of fused-ring (bicyclic) bond motifs is 1. The van der Waals surface area contributed by atoms with Gasteiger partial charge in [0.25, 0.3) is 5.56 Å². The van der Waals surface area contributed by atoms with Gasteiger partial charge in [-0.05, 0) is 50.3 Å². The van der Waals surface area contributed by atoms with E-state index in [1.165, 1.54) is 18.4 Å². The van der Waals surface area contributed by atoms with Gasteiger partial charge in [-0.1, -0.05) is 30.3 Å². The van der Waals surface area contributed by atoms with E-state index in [-0.39, 0.29) is 5.56 Å². The molecule has 1 fully saturated rings. The molecule has 0 amide bonds. The first-order valence-corrected chi connectivity index (χ1v) is 10.5. The molecule has 1 aliphatic rings. The quantitative estimate of drug-likeness (QED) is 0.666. The number of ether oxygens (including phenoxy) is 2. The Morgan fingerprint density at radius 3 is 2.37 bits per heavy atom. The van der Waals surface area contributed by atoms with Crippen molar-refractivity contribution in [3.8, 4) is 11.5 Å². The zero-order chi connectivity index (χ0) is 21.1. The molecule has 1 aromatic heterocycles. The van der Waals surface area contributed by atoms with Gasteiger partial charge < -0.3 is 14.5 Å². The predicted octanol–water partition coefficient (Wildman–Crippen LogP) is 4.10. The molecule has 1 aliphatic carbocycles. The fourth-order valence-corrected chi connectivity index (χ4v) is 4.53. The van der Waals surface area contributed by atoms with Crippen LogP contribution < -0.4 is 15.0 Å². The highest BCUT2D eigenvalue weighted by Gasteiger charge is 2.25. The number of rotatable bonds is 6. The second-order valence-corrected chi connectivity index (χ2v) is 8.07. The van der Waals surface area contributed by atoms with Gasteiger partial charge in [-0.3, -0.25) is 9.69 Å². The van der Waals surface area contributed by atoms with Crippen LogP contribution in [0.5, 0.6) is 11.5 Å². The van der Waals surface area contributed by atoms with Gasteiger partial charge >= 0.3 is 0 Å². The molecule has 0 spiro atoms. The second-order valence-electron chi connectivity index (χ2n) is 8.07. The van der Waals surface area contributed by atoms with Gasteiger partial charge in [-0.2, -0.15) is 0 Å². The average Bonchev–Trinajstić information content (AvgIpc) is 2.79. The Balaban J connectivity index is 1.47. The smallest absolute Gasteiger partial charge is 0.258 e. The molecule has 0 saturated heterocycles. The van der Waals surface area contributed by atoms with Crippen molar-refractivity contribution in [2.75, 3.05) is 21.3 Å². The summed E-state index contributed by atoms with van der Waals surface area (Å²) in [6.45, 7) is 0.611. The number of benzene rings is 2. The highest BCUT2D eigenvalue weighted by Crippen LogP contribution is 2.35. The maximum absolute atomic E-state index is 12.6. The normalized spacial score (nSPS) is 19.2. The Labute approximate surface area is 176 Å². The van der Waals surface area contributed by atoms with Crippen molar-refractivity contribution in [3.63, 3.8) is 0 Å². The zero-order valence-electron chi connectivity index (χ0n) is 17.9. The summed E-state index contributed by atoms with van der Waals surface area (Å²) in [5, 5.41) is 0.502. The maximum Gasteiger partial charge on any atom is 0.258 e. The Morgan fingerprint density at radius 2 is 1.70 bits per heavy atom. The van der Waals surface area contributed by atoms with E-state index in [1.807, 2.05) is 0 Å². The van der Waals surface area contributed by atoms with Crippen molar-refractivity contribution in [1.29, 1.82) is 0 Å². The molecule has 4 rings (SSSR count). The van der Waals surface area contributed by atoms with Crippen molar-refractivity contribution < 1.29 is 9.47 Å². The summed E-state index contributed by atoms with van der Waals surface area (Å²) in [4.78, 5) is 22.5. The highest BCUT2D eigenvalue weighted by atomic mass is 16.5. The number of nitrogens with one attached hydrogen (secondary N) is 1. The molecule has 3 aromatic rings. The third-order valence-electron chi connectivity index (χ3n) is 6.25. The largest absolute Gasteiger partial charge is 0.493 e. The minimum absolute atomic E-state index is 0.155. The first kappa shape index (κ1) is 20.4. The lowest BCUT2D eigenvalue weighted by Crippen LogP contribution is -2.35. The maximum atomic E-state index is 12.6. The minimum Gasteiger partial charge on any atom is -0.493 e. The van der Waals surface area contributed by atoms with Crippen LogP contribution in [-0.4, -0.2) is 42.2 Å². The first-order chi connectivity index (χ1) is 14.6. The SMILES string of the molecule is COc1cc2nc(CN(C)C3CCC(c4ccccc4)CC3)[nH]c(=O)c2cc1OC. The first-order valence-electron chi connectivity index (χ1n) is 10.5. The molecule has 6 nitrogen and oxygen atoms in total. The number of aromatic amines is 1. The van der Waals surface area contributed by atoms with Gasteiger partial charge in [0.1, 0.15) is 5.82 Å². The summed E-state index contributed by atoms with van der Waals surface area (Å²) in [7, 11) is 5.25. The molecule has 30 heavy (non-hydrogen) atoms. The zero-order valence-corrected chi connectivity index (χ0v) is 17.9. The lowest BCUT2D eigenvalue weighted by molar-refractivity contribution is 0.172. The Bertz CT molecular complexity index is 1060. The van der Waals surface area contributed by atoms with E-state index in [2.05, 4.69) is 52.2 Å². The Kier molecular flexibility index (Phi) is 6.04. The van der Waals surface area contributed by atoms with Crippen LogP contribution in [-0.2, 0) is 6.54 Å². The molecule has 158 valence electrons. The summed E-state index contributed by atoms with van der Waals surface area (Å²) in [6.07, 6.45) is 4.69. The molecule has 0 unspecified atom stereocenters. The summed E-state index contributed by atoms with van der Waals surface area (Å²) in [5.74, 6) is 2.42. The molecule has 1 heterocycles. The molecule has 0 bridgehead atoms. The molecule has 2 aromatic carbocycles. The lowest BCUT2D eigenvalue weighted by Gasteiger charge is -2.34. The van der Waals surface area contributed by atoms with Crippen molar-refractivity contribution in [2.45, 2.75) is 44.2 Å². The van der Waals surface area contributed by atoms with E-state index in [9.17, 15) is 4.79 Å². The van der Waals surface area contributed by atoms with E-state index < -0.39 is 0 Å². The fraction of sp³-hybridized carbons (Fsp3) is 0.417. The monoisotopic (exact) mass is 407 g/mol. The number of hydrogen-bond acceptors (Lipinski definition) is 5. The summed E-state index contributed by atoms with van der Waals surface area (Å²) in [5.41, 5.74) is 1.91. The van der Waals surface area contributed by atoms with Gasteiger partial charge in [0.2, 0.25) is 0 Å². The summed E-state index contributed by atoms with van der Waals surface area (Å²) >= 11 is 0. The van der Waals surface area contributed by atoms with Crippen LogP contribution in [0, 0.1) is 0 Å². The van der Waals surface area contributed by atoms with E-state index in [1.54, 1.807) is 26.4 Å². The van der Waals surface area contributed by atoms with E-state index in [4.69, 9.17) is 9.47 Å². The molecular weight excluding hydrogens is 378 g/mol. The number of H-pyrrole nitrogens is 1. The average molecular weight is 408 g/mol. The van der Waals surface area contributed by atoms with E-state index in [0.717, 1.165) is 12.8 Å². The standard InChI is InChI=1S/C24H29N3O3/c1-27(18-11-9-17(10-12-18)16-7-5-4-6-8-16)15-23-25-20-14-22(30-3)21(29-2)13-19(20)24(28)26-23/h4-8,13-14,17-18H,9-12,15H2,1-3H3,(H,25,26,28). The van der Waals surface area contributed by atoms with Crippen LogP contribution in [0.4, 0.5) is 0 Å². The summed E-state index contributed by atoms with van der Waals surface area (Å²) < 4.78 is 10.7. The van der Waals surface area contributed by atoms with Crippen molar-refractivity contribution >= 4 is 10.9 Å². The lowest BCUT2D eigenvalue weighted by atomic mass is 9.81. The van der Waals surface area contributed by atoms with E-state index in [0.29, 0.717) is 46.7 Å². The van der Waals surface area contributed by atoms with E-state index >= 15 is 0 Å². The van der Waals surface area contributed by atoms with Crippen LogP contribution in [0.15, 0.2) is 47.3 Å². The predicted molar refractivity (Wildman–Crippen MR) is 118 cm³/mol. The van der Waals surface area contributed by atoms with Crippen LogP contribution in [0.1, 0.15) is 43.0 Å². The minimum atomic E-state index is -0.155. The molecule has 0 aliphatic heterocycles. The van der Waals surface area contributed by atoms with Crippen molar-refractivity contribution in [3.05, 3.63) is 64.2 Å². The molecular formula is C24H29N3O3. The second kappa shape index (κ2) is 8.88. The van der Waals surface area contributed by atoms with Crippen molar-refractivity contribution in [1.82, 2.24) is 14.9 Å². The number of nitrogens with zero attached hydrogens (tertiary/aromatic N) is 2. The molecule has 1 saturated carbocycles. The topological polar surface area (TPSA) is 67.5 Å². The van der Waals surface area contributed by atoms with Gasteiger partial charge in [-0.15, -0.1) is 0 Å². The number of hydrogen-bond donors (Lipinski definition) is 1. The number of methoxy groups -OCH3 is 2. The van der Waals surface area contributed by atoms with Gasteiger partial charge in [0.05, 0.1) is 31.7 Å². The Hall–Kier alpha value is -2.86. The molecule has 6 heteroatoms. The molecule has 0 radical (unpaired) electrons. The highest BCUT2D eigenvalue weighted by molar-refractivity contribution is 5.81. The van der Waals surface area contributed by atoms with Crippen LogP contribution in [0.25, 0.3) is 10.9 Å². The van der Waals surface area contributed by atoms with Gasteiger partial charge in [0.15, 0.2) is 11.5 Å².